The highest BCUT2D eigenvalue weighted by Gasteiger charge is 2.15. The van der Waals surface area contributed by atoms with Crippen LogP contribution < -0.4 is 0 Å². The molecule has 0 aliphatic heterocycles. The van der Waals surface area contributed by atoms with E-state index in [0.29, 0.717) is 6.61 Å². The summed E-state index contributed by atoms with van der Waals surface area (Å²) in [6.07, 6.45) is 0. The summed E-state index contributed by atoms with van der Waals surface area (Å²) in [5, 5.41) is -0.320. The minimum Gasteiger partial charge on any atom is -0.468 e. The van der Waals surface area contributed by atoms with Crippen LogP contribution in [0.5, 0.6) is 0 Å². The van der Waals surface area contributed by atoms with E-state index in [2.05, 4.69) is 4.74 Å². The van der Waals surface area contributed by atoms with Crippen molar-refractivity contribution >= 4 is 23.7 Å². The van der Waals surface area contributed by atoms with Crippen molar-refractivity contribution in [2.75, 3.05) is 19.5 Å². The van der Waals surface area contributed by atoms with Crippen LogP contribution in [0, 0.1) is 0 Å². The number of ether oxygens (including phenoxy) is 2. The van der Waals surface area contributed by atoms with Gasteiger partial charge in [0.2, 0.25) is 0 Å². The predicted molar refractivity (Wildman–Crippen MR) is 50.6 cm³/mol. The fourth-order valence-electron chi connectivity index (χ4n) is 0.580. The second-order valence-corrected chi connectivity index (χ2v) is 3.61. The quantitative estimate of drug-likeness (QED) is 0.624. The Kier molecular flexibility index (Phi) is 6.40. The first-order valence-electron chi connectivity index (χ1n) is 3.96. The van der Waals surface area contributed by atoms with Crippen LogP contribution in [-0.2, 0) is 19.1 Å². The predicted octanol–water partition coefficient (Wildman–Crippen LogP) is 0.844. The molecule has 0 bridgehead atoms. The van der Waals surface area contributed by atoms with E-state index < -0.39 is 0 Å². The van der Waals surface area contributed by atoms with Gasteiger partial charge in [-0.2, -0.15) is 0 Å². The zero-order valence-corrected chi connectivity index (χ0v) is 8.85. The summed E-state index contributed by atoms with van der Waals surface area (Å²) >= 11 is 1.21. The fraction of sp³-hybridized carbons (Fsp3) is 0.750. The molecular formula is C8H14O4S. The molecule has 1 unspecified atom stereocenters. The molecule has 13 heavy (non-hydrogen) atoms. The molecule has 76 valence electrons. The number of hydrogen-bond donors (Lipinski definition) is 0. The van der Waals surface area contributed by atoms with Crippen LogP contribution in [0.1, 0.15) is 13.8 Å². The maximum Gasteiger partial charge on any atom is 0.318 e. The van der Waals surface area contributed by atoms with Gasteiger partial charge in [-0.15, -0.1) is 11.8 Å². The Morgan fingerprint density at radius 1 is 1.46 bits per heavy atom. The van der Waals surface area contributed by atoms with Crippen molar-refractivity contribution in [3.05, 3.63) is 0 Å². The molecule has 0 radical (unpaired) electrons. The Bertz CT molecular complexity index is 181. The zero-order chi connectivity index (χ0) is 10.3. The largest absolute Gasteiger partial charge is 0.468 e. The van der Waals surface area contributed by atoms with Crippen molar-refractivity contribution in [1.82, 2.24) is 0 Å². The van der Waals surface area contributed by atoms with E-state index in [-0.39, 0.29) is 22.9 Å². The molecule has 0 aromatic rings. The lowest BCUT2D eigenvalue weighted by Crippen LogP contribution is -2.19. The van der Waals surface area contributed by atoms with Crippen LogP contribution in [0.3, 0.4) is 0 Å². The third-order valence-corrected chi connectivity index (χ3v) is 2.39. The van der Waals surface area contributed by atoms with Crippen molar-refractivity contribution in [3.63, 3.8) is 0 Å². The Labute approximate surface area is 82.0 Å². The van der Waals surface area contributed by atoms with E-state index in [9.17, 15) is 9.59 Å². The summed E-state index contributed by atoms with van der Waals surface area (Å²) in [6.45, 7) is 3.81. The zero-order valence-electron chi connectivity index (χ0n) is 8.03. The average molecular weight is 206 g/mol. The van der Waals surface area contributed by atoms with Crippen molar-refractivity contribution < 1.29 is 19.1 Å². The Balaban J connectivity index is 3.67. The number of thioether (sulfide) groups is 1. The summed E-state index contributed by atoms with van der Waals surface area (Å²) in [7, 11) is 1.32. The molecule has 4 nitrogen and oxygen atoms in total. The third kappa shape index (κ3) is 5.52. The van der Waals surface area contributed by atoms with E-state index in [0.717, 1.165) is 0 Å². The summed E-state index contributed by atoms with van der Waals surface area (Å²) in [5.74, 6) is -0.450. The molecule has 0 spiro atoms. The Morgan fingerprint density at radius 2 is 2.08 bits per heavy atom. The van der Waals surface area contributed by atoms with E-state index in [4.69, 9.17) is 4.74 Å². The van der Waals surface area contributed by atoms with Gasteiger partial charge < -0.3 is 9.47 Å². The van der Waals surface area contributed by atoms with Gasteiger partial charge in [0.25, 0.3) is 0 Å². The molecule has 0 heterocycles. The third-order valence-electron chi connectivity index (χ3n) is 1.30. The fourth-order valence-corrected chi connectivity index (χ4v) is 1.29. The van der Waals surface area contributed by atoms with Gasteiger partial charge in [-0.1, -0.05) is 0 Å². The first-order valence-corrected chi connectivity index (χ1v) is 5.01. The van der Waals surface area contributed by atoms with Gasteiger partial charge in [0, 0.05) is 0 Å². The highest BCUT2D eigenvalue weighted by molar-refractivity contribution is 8.01. The van der Waals surface area contributed by atoms with E-state index in [1.165, 1.54) is 18.9 Å². The maximum absolute atomic E-state index is 11.0. The number of carbonyl (C=O) groups excluding carboxylic acids is 2. The molecule has 0 saturated carbocycles. The molecule has 0 fully saturated rings. The van der Waals surface area contributed by atoms with Crippen LogP contribution in [-0.4, -0.2) is 36.7 Å². The van der Waals surface area contributed by atoms with E-state index >= 15 is 0 Å². The second kappa shape index (κ2) is 6.77. The van der Waals surface area contributed by atoms with Crippen molar-refractivity contribution in [3.8, 4) is 0 Å². The summed E-state index contributed by atoms with van der Waals surface area (Å²) in [6, 6.07) is 0. The SMILES string of the molecule is CCOC(=O)C(C)SCC(=O)OC. The van der Waals surface area contributed by atoms with Crippen LogP contribution in [0.4, 0.5) is 0 Å². The monoisotopic (exact) mass is 206 g/mol. The first-order chi connectivity index (χ1) is 6.11. The van der Waals surface area contributed by atoms with Crippen molar-refractivity contribution in [2.24, 2.45) is 0 Å². The summed E-state index contributed by atoms with van der Waals surface area (Å²) < 4.78 is 9.19. The molecule has 1 atom stereocenters. The summed E-state index contributed by atoms with van der Waals surface area (Å²) in [4.78, 5) is 21.8. The van der Waals surface area contributed by atoms with E-state index in [1.54, 1.807) is 13.8 Å². The number of hydrogen-bond acceptors (Lipinski definition) is 5. The number of methoxy groups -OCH3 is 1. The molecule has 0 aromatic carbocycles. The van der Waals surface area contributed by atoms with Gasteiger partial charge in [0.15, 0.2) is 0 Å². The normalized spacial score (nSPS) is 11.9. The second-order valence-electron chi connectivity index (χ2n) is 2.28. The van der Waals surface area contributed by atoms with Crippen LogP contribution in [0.2, 0.25) is 0 Å². The molecule has 0 amide bonds. The van der Waals surface area contributed by atoms with Gasteiger partial charge >= 0.3 is 11.9 Å². The van der Waals surface area contributed by atoms with Gasteiger partial charge in [0.05, 0.1) is 19.5 Å². The lowest BCUT2D eigenvalue weighted by Gasteiger charge is -2.08. The average Bonchev–Trinajstić information content (AvgIpc) is 2.13. The van der Waals surface area contributed by atoms with Crippen LogP contribution in [0.25, 0.3) is 0 Å². The molecule has 0 aromatic heterocycles. The number of carbonyl (C=O) groups is 2. The highest BCUT2D eigenvalue weighted by atomic mass is 32.2. The van der Waals surface area contributed by atoms with Crippen molar-refractivity contribution in [1.29, 1.82) is 0 Å². The van der Waals surface area contributed by atoms with Gasteiger partial charge in [-0.05, 0) is 13.8 Å². The summed E-state index contributed by atoms with van der Waals surface area (Å²) in [5.41, 5.74) is 0. The maximum atomic E-state index is 11.0. The lowest BCUT2D eigenvalue weighted by atomic mass is 10.5. The highest BCUT2D eigenvalue weighted by Crippen LogP contribution is 2.11. The number of esters is 2. The first kappa shape index (κ1) is 12.3. The standard InChI is InChI=1S/C8H14O4S/c1-4-12-8(10)6(2)13-5-7(9)11-3/h6H,4-5H2,1-3H3. The molecule has 0 rings (SSSR count). The van der Waals surface area contributed by atoms with Gasteiger partial charge in [0.1, 0.15) is 5.25 Å². The minimum absolute atomic E-state index is 0.177. The van der Waals surface area contributed by atoms with Crippen LogP contribution in [0.15, 0.2) is 0 Å². The molecule has 0 saturated heterocycles. The molecule has 0 aliphatic rings. The van der Waals surface area contributed by atoms with Gasteiger partial charge in [-0.25, -0.2) is 0 Å². The molecule has 5 heteroatoms. The van der Waals surface area contributed by atoms with E-state index in [1.807, 2.05) is 0 Å². The molecular weight excluding hydrogens is 192 g/mol. The Morgan fingerprint density at radius 3 is 2.54 bits per heavy atom. The van der Waals surface area contributed by atoms with Crippen molar-refractivity contribution in [2.45, 2.75) is 19.1 Å². The molecule has 0 N–H and O–H groups in total. The Hall–Kier alpha value is -0.710. The van der Waals surface area contributed by atoms with Crippen LogP contribution >= 0.6 is 11.8 Å². The molecule has 0 aliphatic carbocycles. The smallest absolute Gasteiger partial charge is 0.318 e. The lowest BCUT2D eigenvalue weighted by molar-refractivity contribution is -0.142. The van der Waals surface area contributed by atoms with Gasteiger partial charge in [-0.3, -0.25) is 9.59 Å². The number of rotatable bonds is 5. The topological polar surface area (TPSA) is 52.6 Å². The minimum atomic E-state index is -0.332.